The first-order valence-electron chi connectivity index (χ1n) is 12.2. The lowest BCUT2D eigenvalue weighted by atomic mass is 9.92. The summed E-state index contributed by atoms with van der Waals surface area (Å²) in [5, 5.41) is 22.8. The van der Waals surface area contributed by atoms with Gasteiger partial charge in [0.05, 0.1) is 34.9 Å². The van der Waals surface area contributed by atoms with Gasteiger partial charge in [-0.1, -0.05) is 32.0 Å². The number of benzene rings is 2. The quantitative estimate of drug-likeness (QED) is 0.247. The van der Waals surface area contributed by atoms with Gasteiger partial charge in [-0.15, -0.1) is 0 Å². The zero-order valence-electron chi connectivity index (χ0n) is 21.8. The van der Waals surface area contributed by atoms with Crippen LogP contribution in [0.3, 0.4) is 0 Å². The van der Waals surface area contributed by atoms with Gasteiger partial charge in [-0.2, -0.15) is 10.4 Å². The highest BCUT2D eigenvalue weighted by Crippen LogP contribution is 2.29. The van der Waals surface area contributed by atoms with Crippen molar-refractivity contribution in [1.82, 2.24) is 19.9 Å². The van der Waals surface area contributed by atoms with Crippen LogP contribution < -0.4 is 15.4 Å². The molecule has 40 heavy (non-hydrogen) atoms. The molecule has 0 spiro atoms. The molecule has 5 rings (SSSR count). The second-order valence-electron chi connectivity index (χ2n) is 9.82. The van der Waals surface area contributed by atoms with E-state index < -0.39 is 11.8 Å². The maximum Gasteiger partial charge on any atom is 0.324 e. The molecule has 10 nitrogen and oxygen atoms in total. The number of hydrogen-bond donors (Lipinski definition) is 2. The fourth-order valence-electron chi connectivity index (χ4n) is 3.76. The second kappa shape index (κ2) is 10.7. The predicted molar refractivity (Wildman–Crippen MR) is 146 cm³/mol. The van der Waals surface area contributed by atoms with E-state index in [-0.39, 0.29) is 16.9 Å². The first kappa shape index (κ1) is 26.1. The van der Waals surface area contributed by atoms with Crippen molar-refractivity contribution in [1.29, 1.82) is 5.26 Å². The van der Waals surface area contributed by atoms with Gasteiger partial charge in [0.15, 0.2) is 5.76 Å². The molecule has 0 atom stereocenters. The third kappa shape index (κ3) is 5.81. The number of ether oxygens (including phenoxy) is 1. The first-order valence-corrected chi connectivity index (χ1v) is 12.2. The minimum Gasteiger partial charge on any atom is -0.457 e. The topological polar surface area (TPSA) is 131 Å². The van der Waals surface area contributed by atoms with Crippen LogP contribution in [-0.2, 0) is 5.41 Å². The summed E-state index contributed by atoms with van der Waals surface area (Å²) in [4.78, 5) is 17.1. The Balaban J connectivity index is 1.32. The minimum absolute atomic E-state index is 0.0458. The third-order valence-electron chi connectivity index (χ3n) is 5.79. The van der Waals surface area contributed by atoms with E-state index in [4.69, 9.17) is 9.26 Å². The highest BCUT2D eigenvalue weighted by atomic mass is 19.1. The first-order chi connectivity index (χ1) is 19.2. The summed E-state index contributed by atoms with van der Waals surface area (Å²) >= 11 is 0. The fraction of sp³-hybridized carbons (Fsp3) is 0.138. The lowest BCUT2D eigenvalue weighted by Crippen LogP contribution is -2.22. The minimum atomic E-state index is -0.692. The SMILES string of the molecule is CC(C)(C)c1cc(NC(=O)Nc2ccc(Oc3ccnc(-c4ccno4)c3)cc2F)n(-c2cccc(C#N)c2)n1. The monoisotopic (exact) mass is 537 g/mol. The predicted octanol–water partition coefficient (Wildman–Crippen LogP) is 6.67. The Morgan fingerprint density at radius 1 is 1.02 bits per heavy atom. The summed E-state index contributed by atoms with van der Waals surface area (Å²) in [7, 11) is 0. The van der Waals surface area contributed by atoms with Gasteiger partial charge in [0, 0.05) is 35.9 Å². The Hall–Kier alpha value is -5.50. The number of nitriles is 1. The molecular weight excluding hydrogens is 513 g/mol. The number of nitrogens with one attached hydrogen (secondary N) is 2. The van der Waals surface area contributed by atoms with E-state index in [1.807, 2.05) is 20.8 Å². The molecule has 0 aliphatic carbocycles. The van der Waals surface area contributed by atoms with E-state index in [1.54, 1.807) is 48.5 Å². The second-order valence-corrected chi connectivity index (χ2v) is 9.82. The lowest BCUT2D eigenvalue weighted by molar-refractivity contribution is 0.262. The van der Waals surface area contributed by atoms with E-state index in [9.17, 15) is 14.4 Å². The number of hydrogen-bond acceptors (Lipinski definition) is 7. The van der Waals surface area contributed by atoms with Crippen LogP contribution in [0.15, 0.2) is 83.6 Å². The standard InChI is InChI=1S/C29H24FN7O3/c1-29(2,3)26-16-27(37(36-26)19-6-4-5-18(13-19)17-31)35-28(38)34-23-8-7-20(14-22(23)30)39-21-9-11-32-24(15-21)25-10-12-33-40-25/h4-16H,1-3H3,(H2,34,35,38). The van der Waals surface area contributed by atoms with Crippen LogP contribution >= 0.6 is 0 Å². The van der Waals surface area contributed by atoms with Gasteiger partial charge >= 0.3 is 6.03 Å². The third-order valence-corrected chi connectivity index (χ3v) is 5.79. The Labute approximate surface area is 229 Å². The molecule has 2 aromatic carbocycles. The normalized spacial score (nSPS) is 11.1. The van der Waals surface area contributed by atoms with Crippen molar-refractivity contribution in [3.63, 3.8) is 0 Å². The van der Waals surface area contributed by atoms with Crippen LogP contribution in [0, 0.1) is 17.1 Å². The number of rotatable bonds is 6. The summed E-state index contributed by atoms with van der Waals surface area (Å²) in [5.74, 6) is 0.780. The van der Waals surface area contributed by atoms with Gasteiger partial charge in [0.1, 0.15) is 28.8 Å². The molecule has 2 N–H and O–H groups in total. The Morgan fingerprint density at radius 3 is 2.58 bits per heavy atom. The van der Waals surface area contributed by atoms with Crippen LogP contribution in [0.4, 0.5) is 20.7 Å². The van der Waals surface area contributed by atoms with E-state index in [1.165, 1.54) is 35.3 Å². The van der Waals surface area contributed by atoms with Crippen LogP contribution in [0.2, 0.25) is 0 Å². The molecule has 2 amide bonds. The molecule has 0 saturated heterocycles. The van der Waals surface area contributed by atoms with Crippen LogP contribution in [0.5, 0.6) is 11.5 Å². The van der Waals surface area contributed by atoms with Crippen molar-refractivity contribution < 1.29 is 18.4 Å². The van der Waals surface area contributed by atoms with Gasteiger partial charge in [0.2, 0.25) is 0 Å². The molecular formula is C29H24FN7O3. The van der Waals surface area contributed by atoms with Gasteiger partial charge in [-0.05, 0) is 36.4 Å². The summed E-state index contributed by atoms with van der Waals surface area (Å²) in [6.07, 6.45) is 3.04. The molecule has 0 aliphatic heterocycles. The van der Waals surface area contributed by atoms with Gasteiger partial charge in [-0.3, -0.25) is 10.3 Å². The zero-order valence-corrected chi connectivity index (χ0v) is 21.8. The smallest absolute Gasteiger partial charge is 0.324 e. The van der Waals surface area contributed by atoms with Crippen LogP contribution in [0.25, 0.3) is 17.1 Å². The number of aromatic nitrogens is 4. The lowest BCUT2D eigenvalue weighted by Gasteiger charge is -2.14. The molecule has 0 bridgehead atoms. The number of amides is 2. The average molecular weight is 538 g/mol. The van der Waals surface area contributed by atoms with E-state index in [2.05, 4.69) is 31.9 Å². The molecule has 0 aliphatic rings. The van der Waals surface area contributed by atoms with Crippen molar-refractivity contribution in [2.24, 2.45) is 0 Å². The number of anilines is 2. The fourth-order valence-corrected chi connectivity index (χ4v) is 3.76. The largest absolute Gasteiger partial charge is 0.457 e. The van der Waals surface area contributed by atoms with Crippen LogP contribution in [0.1, 0.15) is 32.0 Å². The summed E-state index contributed by atoms with van der Waals surface area (Å²) in [6.45, 7) is 5.99. The molecule has 5 aromatic rings. The van der Waals surface area contributed by atoms with Crippen molar-refractivity contribution >= 4 is 17.5 Å². The molecule has 0 unspecified atom stereocenters. The van der Waals surface area contributed by atoms with Gasteiger partial charge < -0.3 is 14.6 Å². The number of carbonyl (C=O) groups excluding carboxylic acids is 1. The van der Waals surface area contributed by atoms with Gasteiger partial charge in [0.25, 0.3) is 0 Å². The van der Waals surface area contributed by atoms with Crippen molar-refractivity contribution in [2.75, 3.05) is 10.6 Å². The Kier molecular flexibility index (Phi) is 6.99. The van der Waals surface area contributed by atoms with Crippen LogP contribution in [-0.4, -0.2) is 26.0 Å². The zero-order chi connectivity index (χ0) is 28.3. The highest BCUT2D eigenvalue weighted by molar-refractivity contribution is 5.99. The summed E-state index contributed by atoms with van der Waals surface area (Å²) in [6, 6.07) is 19.0. The number of carbonyl (C=O) groups is 1. The molecule has 0 fully saturated rings. The van der Waals surface area contributed by atoms with E-state index >= 15 is 0 Å². The van der Waals surface area contributed by atoms with E-state index in [0.717, 1.165) is 5.69 Å². The number of nitrogens with zero attached hydrogens (tertiary/aromatic N) is 5. The molecule has 11 heteroatoms. The Morgan fingerprint density at radius 2 is 1.85 bits per heavy atom. The molecule has 0 saturated carbocycles. The van der Waals surface area contributed by atoms with Gasteiger partial charge in [-0.25, -0.2) is 13.9 Å². The van der Waals surface area contributed by atoms with Crippen molar-refractivity contribution in [2.45, 2.75) is 26.2 Å². The van der Waals surface area contributed by atoms with E-state index in [0.29, 0.717) is 34.3 Å². The molecule has 3 aromatic heterocycles. The number of pyridine rings is 1. The Bertz CT molecular complexity index is 1720. The van der Waals surface area contributed by atoms with Crippen molar-refractivity contribution in [3.8, 4) is 34.7 Å². The maximum atomic E-state index is 14.9. The molecule has 3 heterocycles. The number of halogens is 1. The maximum absolute atomic E-state index is 14.9. The molecule has 0 radical (unpaired) electrons. The average Bonchev–Trinajstić information content (AvgIpc) is 3.61. The van der Waals surface area contributed by atoms with Crippen molar-refractivity contribution in [3.05, 3.63) is 96.2 Å². The number of urea groups is 1. The highest BCUT2D eigenvalue weighted by Gasteiger charge is 2.22. The molecule has 200 valence electrons. The summed E-state index contributed by atoms with van der Waals surface area (Å²) < 4.78 is 27.3. The summed E-state index contributed by atoms with van der Waals surface area (Å²) in [5.41, 5.74) is 1.93.